The SMILES string of the molecule is COc1ccc(NC(=O)C(F)Cl)cc1OC. The van der Waals surface area contributed by atoms with Gasteiger partial charge < -0.3 is 14.8 Å². The van der Waals surface area contributed by atoms with Crippen molar-refractivity contribution in [3.8, 4) is 11.5 Å². The molecular weight excluding hydrogens is 237 g/mol. The van der Waals surface area contributed by atoms with E-state index in [2.05, 4.69) is 5.32 Å². The molecule has 1 aromatic rings. The Kier molecular flexibility index (Phi) is 4.37. The lowest BCUT2D eigenvalue weighted by Gasteiger charge is -2.10. The van der Waals surface area contributed by atoms with Crippen molar-refractivity contribution in [2.24, 2.45) is 0 Å². The summed E-state index contributed by atoms with van der Waals surface area (Å²) in [5, 5.41) is 2.29. The molecular formula is C10H11ClFNO3. The van der Waals surface area contributed by atoms with Gasteiger partial charge in [0.2, 0.25) is 0 Å². The summed E-state index contributed by atoms with van der Waals surface area (Å²) in [5.41, 5.74) is -1.70. The summed E-state index contributed by atoms with van der Waals surface area (Å²) < 4.78 is 22.4. The molecule has 0 aliphatic heterocycles. The molecule has 1 unspecified atom stereocenters. The molecule has 0 saturated carbocycles. The first kappa shape index (κ1) is 12.6. The van der Waals surface area contributed by atoms with E-state index in [1.54, 1.807) is 12.1 Å². The van der Waals surface area contributed by atoms with Gasteiger partial charge in [-0.05, 0) is 12.1 Å². The molecule has 1 aromatic carbocycles. The third kappa shape index (κ3) is 3.00. The van der Waals surface area contributed by atoms with E-state index < -0.39 is 11.5 Å². The largest absolute Gasteiger partial charge is 0.493 e. The minimum absolute atomic E-state index is 0.381. The Morgan fingerprint density at radius 1 is 1.38 bits per heavy atom. The molecule has 0 spiro atoms. The van der Waals surface area contributed by atoms with Gasteiger partial charge in [0.25, 0.3) is 11.5 Å². The summed E-state index contributed by atoms with van der Waals surface area (Å²) in [6, 6.07) is 4.66. The number of anilines is 1. The molecule has 1 N–H and O–H groups in total. The highest BCUT2D eigenvalue weighted by atomic mass is 35.5. The predicted octanol–water partition coefficient (Wildman–Crippen LogP) is 2.18. The third-order valence-corrected chi connectivity index (χ3v) is 2.05. The fourth-order valence-corrected chi connectivity index (χ4v) is 1.17. The summed E-state index contributed by atoms with van der Waals surface area (Å²) in [6.07, 6.45) is 0. The van der Waals surface area contributed by atoms with Crippen molar-refractivity contribution in [2.75, 3.05) is 19.5 Å². The number of rotatable bonds is 4. The van der Waals surface area contributed by atoms with Gasteiger partial charge in [-0.25, -0.2) is 4.39 Å². The quantitative estimate of drug-likeness (QED) is 0.830. The Balaban J connectivity index is 2.87. The van der Waals surface area contributed by atoms with E-state index in [1.165, 1.54) is 20.3 Å². The number of benzene rings is 1. The molecule has 4 nitrogen and oxygen atoms in total. The van der Waals surface area contributed by atoms with E-state index in [0.717, 1.165) is 0 Å². The number of methoxy groups -OCH3 is 2. The van der Waals surface area contributed by atoms with Crippen LogP contribution in [0.2, 0.25) is 0 Å². The van der Waals surface area contributed by atoms with Crippen molar-refractivity contribution in [3.63, 3.8) is 0 Å². The van der Waals surface area contributed by atoms with Gasteiger partial charge in [-0.2, -0.15) is 0 Å². The topological polar surface area (TPSA) is 47.6 Å². The highest BCUT2D eigenvalue weighted by molar-refractivity contribution is 6.31. The van der Waals surface area contributed by atoms with E-state index in [1.807, 2.05) is 0 Å². The lowest BCUT2D eigenvalue weighted by molar-refractivity contribution is -0.118. The fourth-order valence-electron chi connectivity index (χ4n) is 1.11. The van der Waals surface area contributed by atoms with E-state index in [4.69, 9.17) is 21.1 Å². The number of halogens is 2. The molecule has 1 rings (SSSR count). The van der Waals surface area contributed by atoms with Crippen molar-refractivity contribution in [1.82, 2.24) is 0 Å². The molecule has 88 valence electrons. The molecule has 6 heteroatoms. The van der Waals surface area contributed by atoms with Crippen molar-refractivity contribution in [2.45, 2.75) is 5.63 Å². The predicted molar refractivity (Wildman–Crippen MR) is 58.9 cm³/mol. The molecule has 0 aliphatic carbocycles. The fraction of sp³-hybridized carbons (Fsp3) is 0.300. The second-order valence-electron chi connectivity index (χ2n) is 2.86. The number of carbonyl (C=O) groups excluding carboxylic acids is 1. The van der Waals surface area contributed by atoms with Crippen LogP contribution in [0.25, 0.3) is 0 Å². The maximum absolute atomic E-state index is 12.4. The van der Waals surface area contributed by atoms with Crippen LogP contribution in [0.15, 0.2) is 18.2 Å². The van der Waals surface area contributed by atoms with Gasteiger partial charge in [0.05, 0.1) is 14.2 Å². The molecule has 16 heavy (non-hydrogen) atoms. The maximum atomic E-state index is 12.4. The zero-order valence-corrected chi connectivity index (χ0v) is 9.55. The molecule has 1 amide bonds. The average molecular weight is 248 g/mol. The molecule has 0 aliphatic rings. The second-order valence-corrected chi connectivity index (χ2v) is 3.24. The Labute approximate surface area is 97.3 Å². The van der Waals surface area contributed by atoms with Gasteiger partial charge in [0.1, 0.15) is 0 Å². The zero-order chi connectivity index (χ0) is 12.1. The van der Waals surface area contributed by atoms with E-state index in [-0.39, 0.29) is 0 Å². The Bertz CT molecular complexity index is 384. The zero-order valence-electron chi connectivity index (χ0n) is 8.79. The van der Waals surface area contributed by atoms with Crippen LogP contribution < -0.4 is 14.8 Å². The monoisotopic (exact) mass is 247 g/mol. The van der Waals surface area contributed by atoms with E-state index >= 15 is 0 Å². The highest BCUT2D eigenvalue weighted by Crippen LogP contribution is 2.29. The van der Waals surface area contributed by atoms with Crippen molar-refractivity contribution in [1.29, 1.82) is 0 Å². The van der Waals surface area contributed by atoms with Crippen LogP contribution in [-0.2, 0) is 4.79 Å². The molecule has 0 radical (unpaired) electrons. The van der Waals surface area contributed by atoms with Gasteiger partial charge in [0.15, 0.2) is 11.5 Å². The van der Waals surface area contributed by atoms with Crippen LogP contribution in [0.3, 0.4) is 0 Å². The maximum Gasteiger partial charge on any atom is 0.274 e. The van der Waals surface area contributed by atoms with Crippen LogP contribution in [-0.4, -0.2) is 25.8 Å². The first-order valence-electron chi connectivity index (χ1n) is 4.39. The highest BCUT2D eigenvalue weighted by Gasteiger charge is 2.14. The van der Waals surface area contributed by atoms with Crippen molar-refractivity contribution < 1.29 is 18.7 Å². The number of ether oxygens (including phenoxy) is 2. The summed E-state index contributed by atoms with van der Waals surface area (Å²) in [7, 11) is 2.95. The van der Waals surface area contributed by atoms with Gasteiger partial charge in [0, 0.05) is 11.8 Å². The van der Waals surface area contributed by atoms with Gasteiger partial charge in [-0.1, -0.05) is 11.6 Å². The van der Waals surface area contributed by atoms with Crippen LogP contribution in [0.4, 0.5) is 10.1 Å². The molecule has 0 heterocycles. The number of amides is 1. The smallest absolute Gasteiger partial charge is 0.274 e. The Morgan fingerprint density at radius 2 is 2.00 bits per heavy atom. The molecule has 0 aromatic heterocycles. The average Bonchev–Trinajstić information content (AvgIpc) is 2.28. The lowest BCUT2D eigenvalue weighted by Crippen LogP contribution is -2.19. The summed E-state index contributed by atoms with van der Waals surface area (Å²) in [5.74, 6) is 0.0299. The molecule has 0 bridgehead atoms. The summed E-state index contributed by atoms with van der Waals surface area (Å²) >= 11 is 4.98. The summed E-state index contributed by atoms with van der Waals surface area (Å²) in [6.45, 7) is 0. The first-order chi connectivity index (χ1) is 7.58. The minimum Gasteiger partial charge on any atom is -0.493 e. The van der Waals surface area contributed by atoms with Crippen LogP contribution >= 0.6 is 11.6 Å². The van der Waals surface area contributed by atoms with Gasteiger partial charge in [-0.15, -0.1) is 0 Å². The third-order valence-electron chi connectivity index (χ3n) is 1.85. The lowest BCUT2D eigenvalue weighted by atomic mass is 10.2. The van der Waals surface area contributed by atoms with Gasteiger partial charge in [-0.3, -0.25) is 4.79 Å². The van der Waals surface area contributed by atoms with E-state index in [0.29, 0.717) is 17.2 Å². The van der Waals surface area contributed by atoms with E-state index in [9.17, 15) is 9.18 Å². The number of hydrogen-bond acceptors (Lipinski definition) is 3. The Morgan fingerprint density at radius 3 is 2.50 bits per heavy atom. The standard InChI is InChI=1S/C10H11ClFNO3/c1-15-7-4-3-6(5-8(7)16-2)13-10(14)9(11)12/h3-5,9H,1-2H3,(H,13,14). The molecule has 0 fully saturated rings. The summed E-state index contributed by atoms with van der Waals surface area (Å²) in [4.78, 5) is 11.0. The minimum atomic E-state index is -2.08. The normalized spacial score (nSPS) is 11.8. The number of nitrogens with one attached hydrogen (secondary N) is 1. The number of carbonyl (C=O) groups is 1. The molecule has 1 atom stereocenters. The van der Waals surface area contributed by atoms with Crippen LogP contribution in [0.5, 0.6) is 11.5 Å². The number of hydrogen-bond donors (Lipinski definition) is 1. The molecule has 0 saturated heterocycles. The number of alkyl halides is 2. The van der Waals surface area contributed by atoms with Crippen LogP contribution in [0, 0.1) is 0 Å². The Hall–Kier alpha value is -1.49. The van der Waals surface area contributed by atoms with Gasteiger partial charge >= 0.3 is 0 Å². The van der Waals surface area contributed by atoms with Crippen molar-refractivity contribution in [3.05, 3.63) is 18.2 Å². The van der Waals surface area contributed by atoms with Crippen LogP contribution in [0.1, 0.15) is 0 Å². The van der Waals surface area contributed by atoms with Crippen molar-refractivity contribution >= 4 is 23.2 Å². The first-order valence-corrected chi connectivity index (χ1v) is 4.83. The second kappa shape index (κ2) is 5.55.